The Labute approximate surface area is 128 Å². The Morgan fingerprint density at radius 2 is 2.43 bits per heavy atom. The molecule has 0 atom stereocenters. The number of carbonyl (C=O) groups is 1. The molecule has 2 aromatic rings. The fourth-order valence-electron chi connectivity index (χ4n) is 2.48. The first-order chi connectivity index (χ1) is 10.3. The van der Waals surface area contributed by atoms with E-state index in [1.165, 1.54) is 10.4 Å². The summed E-state index contributed by atoms with van der Waals surface area (Å²) in [7, 11) is 0. The van der Waals surface area contributed by atoms with Crippen LogP contribution in [0.4, 0.5) is 0 Å². The largest absolute Gasteiger partial charge is 0.355 e. The van der Waals surface area contributed by atoms with Crippen molar-refractivity contribution in [3.63, 3.8) is 0 Å². The minimum absolute atomic E-state index is 0.0871. The highest BCUT2D eigenvalue weighted by Crippen LogP contribution is 2.14. The molecule has 6 heteroatoms. The zero-order chi connectivity index (χ0) is 14.5. The Morgan fingerprint density at radius 3 is 3.29 bits per heavy atom. The van der Waals surface area contributed by atoms with Crippen LogP contribution in [0.1, 0.15) is 16.1 Å². The van der Waals surface area contributed by atoms with Crippen molar-refractivity contribution in [2.75, 3.05) is 19.6 Å². The Hall–Kier alpha value is -1.79. The quantitative estimate of drug-likeness (QED) is 0.903. The maximum atomic E-state index is 12.0. The summed E-state index contributed by atoms with van der Waals surface area (Å²) in [5.74, 6) is 0.0871. The normalized spacial score (nSPS) is 14.7. The molecular formula is C15H18N4OS. The predicted molar refractivity (Wildman–Crippen MR) is 82.0 cm³/mol. The van der Waals surface area contributed by atoms with Gasteiger partial charge in [-0.2, -0.15) is 0 Å². The predicted octanol–water partition coefficient (Wildman–Crippen LogP) is 1.26. The summed E-state index contributed by atoms with van der Waals surface area (Å²) in [6, 6.07) is 4.13. The molecule has 0 saturated carbocycles. The van der Waals surface area contributed by atoms with Gasteiger partial charge < -0.3 is 5.32 Å². The third-order valence-corrected chi connectivity index (χ3v) is 4.53. The smallest absolute Gasteiger partial charge is 0.234 e. The topological polar surface area (TPSA) is 58.1 Å². The molecule has 21 heavy (non-hydrogen) atoms. The summed E-state index contributed by atoms with van der Waals surface area (Å²) in [4.78, 5) is 23.7. The number of carbonyl (C=O) groups excluding carboxylic acids is 1. The van der Waals surface area contributed by atoms with Crippen LogP contribution >= 0.6 is 11.3 Å². The molecule has 3 rings (SSSR count). The number of hydrogen-bond donors (Lipinski definition) is 1. The lowest BCUT2D eigenvalue weighted by atomic mass is 10.1. The highest BCUT2D eigenvalue weighted by molar-refractivity contribution is 7.09. The lowest BCUT2D eigenvalue weighted by Gasteiger charge is -2.26. The monoisotopic (exact) mass is 302 g/mol. The SMILES string of the molecule is O=C(CN1CCc2cncnc2C1)NCCc1cccs1. The van der Waals surface area contributed by atoms with Crippen LogP contribution in [0.25, 0.3) is 0 Å². The van der Waals surface area contributed by atoms with Crippen molar-refractivity contribution in [3.8, 4) is 0 Å². The molecule has 110 valence electrons. The van der Waals surface area contributed by atoms with Gasteiger partial charge in [-0.25, -0.2) is 9.97 Å². The third kappa shape index (κ3) is 3.86. The van der Waals surface area contributed by atoms with Crippen LogP contribution in [-0.4, -0.2) is 40.4 Å². The van der Waals surface area contributed by atoms with E-state index in [0.717, 1.165) is 31.6 Å². The van der Waals surface area contributed by atoms with Crippen LogP contribution in [0.15, 0.2) is 30.0 Å². The molecule has 0 spiro atoms. The van der Waals surface area contributed by atoms with Crippen LogP contribution < -0.4 is 5.32 Å². The third-order valence-electron chi connectivity index (χ3n) is 3.59. The summed E-state index contributed by atoms with van der Waals surface area (Å²) < 4.78 is 0. The van der Waals surface area contributed by atoms with Crippen molar-refractivity contribution in [2.24, 2.45) is 0 Å². The zero-order valence-corrected chi connectivity index (χ0v) is 12.6. The van der Waals surface area contributed by atoms with E-state index in [9.17, 15) is 4.79 Å². The lowest BCUT2D eigenvalue weighted by molar-refractivity contribution is -0.122. The van der Waals surface area contributed by atoms with E-state index >= 15 is 0 Å². The molecule has 5 nitrogen and oxygen atoms in total. The fourth-order valence-corrected chi connectivity index (χ4v) is 3.19. The molecule has 0 aliphatic carbocycles. The number of rotatable bonds is 5. The van der Waals surface area contributed by atoms with E-state index in [1.807, 2.05) is 12.3 Å². The van der Waals surface area contributed by atoms with Crippen LogP contribution in [-0.2, 0) is 24.2 Å². The standard InChI is InChI=1S/C15H18N4OS/c20-15(17-5-3-13-2-1-7-21-13)10-19-6-4-12-8-16-11-18-14(12)9-19/h1-2,7-8,11H,3-6,9-10H2,(H,17,20). The van der Waals surface area contributed by atoms with E-state index in [-0.39, 0.29) is 5.91 Å². The van der Waals surface area contributed by atoms with Gasteiger partial charge in [0.15, 0.2) is 0 Å². The van der Waals surface area contributed by atoms with Gasteiger partial charge in [0.2, 0.25) is 5.91 Å². The van der Waals surface area contributed by atoms with E-state index in [2.05, 4.69) is 31.6 Å². The molecule has 1 N–H and O–H groups in total. The second kappa shape index (κ2) is 6.78. The molecule has 1 amide bonds. The summed E-state index contributed by atoms with van der Waals surface area (Å²) in [5, 5.41) is 5.05. The van der Waals surface area contributed by atoms with Crippen molar-refractivity contribution in [3.05, 3.63) is 46.2 Å². The average Bonchev–Trinajstić information content (AvgIpc) is 3.00. The highest BCUT2D eigenvalue weighted by Gasteiger charge is 2.19. The molecule has 2 aromatic heterocycles. The van der Waals surface area contributed by atoms with Gasteiger partial charge >= 0.3 is 0 Å². The van der Waals surface area contributed by atoms with Crippen LogP contribution in [0.3, 0.4) is 0 Å². The van der Waals surface area contributed by atoms with E-state index < -0.39 is 0 Å². The number of aromatic nitrogens is 2. The highest BCUT2D eigenvalue weighted by atomic mass is 32.1. The number of nitrogens with zero attached hydrogens (tertiary/aromatic N) is 3. The molecule has 0 radical (unpaired) electrons. The number of thiophene rings is 1. The summed E-state index contributed by atoms with van der Waals surface area (Å²) >= 11 is 1.73. The molecule has 0 aromatic carbocycles. The Bertz CT molecular complexity index is 599. The van der Waals surface area contributed by atoms with Crippen molar-refractivity contribution >= 4 is 17.2 Å². The number of amides is 1. The van der Waals surface area contributed by atoms with Gasteiger partial charge in [0.25, 0.3) is 0 Å². The lowest BCUT2D eigenvalue weighted by Crippen LogP contribution is -2.40. The maximum Gasteiger partial charge on any atom is 0.234 e. The van der Waals surface area contributed by atoms with Gasteiger partial charge in [0, 0.05) is 30.7 Å². The van der Waals surface area contributed by atoms with Gasteiger partial charge in [0.1, 0.15) is 6.33 Å². The van der Waals surface area contributed by atoms with Crippen LogP contribution in [0, 0.1) is 0 Å². The van der Waals surface area contributed by atoms with E-state index in [1.54, 1.807) is 17.7 Å². The summed E-state index contributed by atoms with van der Waals surface area (Å²) in [6.45, 7) is 2.76. The molecule has 3 heterocycles. The van der Waals surface area contributed by atoms with Gasteiger partial charge in [-0.1, -0.05) is 6.07 Å². The first-order valence-corrected chi connectivity index (χ1v) is 7.98. The number of fused-ring (bicyclic) bond motifs is 1. The Kier molecular flexibility index (Phi) is 4.57. The first-order valence-electron chi connectivity index (χ1n) is 7.10. The Balaban J connectivity index is 1.43. The second-order valence-electron chi connectivity index (χ2n) is 5.13. The van der Waals surface area contributed by atoms with E-state index in [4.69, 9.17) is 0 Å². The number of hydrogen-bond acceptors (Lipinski definition) is 5. The van der Waals surface area contributed by atoms with Crippen LogP contribution in [0.5, 0.6) is 0 Å². The minimum Gasteiger partial charge on any atom is -0.355 e. The zero-order valence-electron chi connectivity index (χ0n) is 11.8. The molecule has 0 bridgehead atoms. The van der Waals surface area contributed by atoms with Crippen molar-refractivity contribution in [1.29, 1.82) is 0 Å². The van der Waals surface area contributed by atoms with Gasteiger partial charge in [-0.3, -0.25) is 9.69 Å². The first kappa shape index (κ1) is 14.2. The maximum absolute atomic E-state index is 12.0. The molecule has 1 aliphatic rings. The van der Waals surface area contributed by atoms with Crippen molar-refractivity contribution < 1.29 is 4.79 Å². The average molecular weight is 302 g/mol. The molecule has 0 unspecified atom stereocenters. The number of nitrogens with one attached hydrogen (secondary N) is 1. The van der Waals surface area contributed by atoms with Crippen LogP contribution in [0.2, 0.25) is 0 Å². The summed E-state index contributed by atoms with van der Waals surface area (Å²) in [5.41, 5.74) is 2.24. The molecule has 0 saturated heterocycles. The van der Waals surface area contributed by atoms with Crippen molar-refractivity contribution in [1.82, 2.24) is 20.2 Å². The van der Waals surface area contributed by atoms with Gasteiger partial charge in [0.05, 0.1) is 12.2 Å². The van der Waals surface area contributed by atoms with E-state index in [0.29, 0.717) is 13.1 Å². The van der Waals surface area contributed by atoms with Gasteiger partial charge in [-0.05, 0) is 29.9 Å². The van der Waals surface area contributed by atoms with Crippen molar-refractivity contribution in [2.45, 2.75) is 19.4 Å². The van der Waals surface area contributed by atoms with Gasteiger partial charge in [-0.15, -0.1) is 11.3 Å². The molecular weight excluding hydrogens is 284 g/mol. The minimum atomic E-state index is 0.0871. The fraction of sp³-hybridized carbons (Fsp3) is 0.400. The second-order valence-corrected chi connectivity index (χ2v) is 6.17. The molecule has 1 aliphatic heterocycles. The molecule has 0 fully saturated rings. The Morgan fingerprint density at radius 1 is 1.48 bits per heavy atom. The summed E-state index contributed by atoms with van der Waals surface area (Å²) in [6.07, 6.45) is 5.27.